The Balaban J connectivity index is 1.94. The molecule has 17 heavy (non-hydrogen) atoms. The number of hydrogen-bond acceptors (Lipinski definition) is 4. The van der Waals surface area contributed by atoms with Crippen LogP contribution < -0.4 is 5.32 Å². The number of aliphatic carboxylic acids is 1. The number of aliphatic hydroxyl groups excluding tert-OH is 1. The molecule has 6 heteroatoms. The predicted octanol–water partition coefficient (Wildman–Crippen LogP) is -0.825. The molecule has 2 aliphatic rings. The third-order valence-corrected chi connectivity index (χ3v) is 3.47. The van der Waals surface area contributed by atoms with Crippen molar-refractivity contribution in [1.29, 1.82) is 0 Å². The van der Waals surface area contributed by atoms with E-state index in [1.165, 1.54) is 4.90 Å². The van der Waals surface area contributed by atoms with Gasteiger partial charge in [-0.25, -0.2) is 4.79 Å². The van der Waals surface area contributed by atoms with Gasteiger partial charge in [-0.05, 0) is 19.4 Å². The van der Waals surface area contributed by atoms with Gasteiger partial charge in [0, 0.05) is 25.4 Å². The maximum atomic E-state index is 12.0. The summed E-state index contributed by atoms with van der Waals surface area (Å²) in [4.78, 5) is 24.3. The van der Waals surface area contributed by atoms with Crippen molar-refractivity contribution in [3.8, 4) is 0 Å². The fourth-order valence-electron chi connectivity index (χ4n) is 2.58. The molecule has 2 aliphatic heterocycles. The molecule has 0 aromatic rings. The lowest BCUT2D eigenvalue weighted by molar-refractivity contribution is -0.148. The summed E-state index contributed by atoms with van der Waals surface area (Å²) in [5.74, 6) is -1.21. The van der Waals surface area contributed by atoms with E-state index in [0.29, 0.717) is 6.42 Å². The molecule has 1 unspecified atom stereocenters. The van der Waals surface area contributed by atoms with Crippen molar-refractivity contribution < 1.29 is 19.8 Å². The highest BCUT2D eigenvalue weighted by atomic mass is 16.4. The van der Waals surface area contributed by atoms with Gasteiger partial charge in [0.05, 0.1) is 6.10 Å². The molecule has 2 fully saturated rings. The second-order valence-corrected chi connectivity index (χ2v) is 4.79. The molecule has 2 heterocycles. The summed E-state index contributed by atoms with van der Waals surface area (Å²) in [5.41, 5.74) is 0. The van der Waals surface area contributed by atoms with Gasteiger partial charge in [-0.3, -0.25) is 4.79 Å². The Kier molecular flexibility index (Phi) is 3.63. The van der Waals surface area contributed by atoms with E-state index < -0.39 is 18.1 Å². The van der Waals surface area contributed by atoms with Crippen molar-refractivity contribution in [2.45, 2.75) is 43.9 Å². The van der Waals surface area contributed by atoms with Gasteiger partial charge in [0.2, 0.25) is 5.91 Å². The van der Waals surface area contributed by atoms with Crippen LogP contribution in [0.5, 0.6) is 0 Å². The van der Waals surface area contributed by atoms with Crippen molar-refractivity contribution in [1.82, 2.24) is 10.2 Å². The highest BCUT2D eigenvalue weighted by Gasteiger charge is 2.39. The lowest BCUT2D eigenvalue weighted by Gasteiger charge is -2.22. The van der Waals surface area contributed by atoms with E-state index in [4.69, 9.17) is 5.11 Å². The number of carboxylic acids is 1. The average molecular weight is 242 g/mol. The second kappa shape index (κ2) is 5.01. The highest BCUT2D eigenvalue weighted by molar-refractivity contribution is 5.84. The standard InChI is InChI=1S/C11H18N2O4/c14-8-5-9(11(16)17)13(6-8)10(15)4-7-2-1-3-12-7/h7-9,12,14H,1-6H2,(H,16,17)/t7?,8-,9-/m1/s1. The number of nitrogens with zero attached hydrogens (tertiary/aromatic N) is 1. The molecule has 2 rings (SSSR count). The number of carbonyl (C=O) groups is 2. The number of β-amino-alcohol motifs (C(OH)–C–C–N with tert-alkyl or cyclic N) is 1. The molecule has 0 aromatic carbocycles. The lowest BCUT2D eigenvalue weighted by atomic mass is 10.1. The fraction of sp³-hybridized carbons (Fsp3) is 0.818. The first-order valence-corrected chi connectivity index (χ1v) is 6.01. The minimum atomic E-state index is -1.03. The molecule has 0 aromatic heterocycles. The van der Waals surface area contributed by atoms with Crippen LogP contribution in [0.15, 0.2) is 0 Å². The third kappa shape index (κ3) is 2.76. The van der Waals surface area contributed by atoms with E-state index in [1.54, 1.807) is 0 Å². The summed E-state index contributed by atoms with van der Waals surface area (Å²) < 4.78 is 0. The molecule has 0 aliphatic carbocycles. The quantitative estimate of drug-likeness (QED) is 0.601. The monoisotopic (exact) mass is 242 g/mol. The molecular formula is C11H18N2O4. The van der Waals surface area contributed by atoms with Crippen molar-refractivity contribution in [3.05, 3.63) is 0 Å². The van der Waals surface area contributed by atoms with E-state index in [2.05, 4.69) is 5.32 Å². The third-order valence-electron chi connectivity index (χ3n) is 3.47. The lowest BCUT2D eigenvalue weighted by Crippen LogP contribution is -2.42. The molecule has 0 spiro atoms. The minimum absolute atomic E-state index is 0.138. The topological polar surface area (TPSA) is 89.9 Å². The molecule has 1 amide bonds. The summed E-state index contributed by atoms with van der Waals surface area (Å²) in [7, 11) is 0. The Morgan fingerprint density at radius 2 is 2.18 bits per heavy atom. The summed E-state index contributed by atoms with van der Waals surface area (Å²) in [6, 6.07) is -0.700. The summed E-state index contributed by atoms with van der Waals surface area (Å²) >= 11 is 0. The summed E-state index contributed by atoms with van der Waals surface area (Å²) in [6.07, 6.45) is 1.77. The number of carbonyl (C=O) groups excluding carboxylic acids is 1. The van der Waals surface area contributed by atoms with Crippen LogP contribution in [0.4, 0.5) is 0 Å². The number of rotatable bonds is 3. The Morgan fingerprint density at radius 3 is 2.76 bits per heavy atom. The van der Waals surface area contributed by atoms with Crippen LogP contribution in [0.25, 0.3) is 0 Å². The van der Waals surface area contributed by atoms with Crippen LogP contribution >= 0.6 is 0 Å². The Morgan fingerprint density at radius 1 is 1.41 bits per heavy atom. The zero-order valence-corrected chi connectivity index (χ0v) is 9.63. The normalized spacial score (nSPS) is 33.0. The first kappa shape index (κ1) is 12.3. The van der Waals surface area contributed by atoms with Crippen LogP contribution in [-0.2, 0) is 9.59 Å². The molecule has 96 valence electrons. The van der Waals surface area contributed by atoms with Crippen LogP contribution in [-0.4, -0.2) is 58.3 Å². The zero-order chi connectivity index (χ0) is 12.4. The average Bonchev–Trinajstić information content (AvgIpc) is 2.86. The molecule has 0 radical (unpaired) electrons. The van der Waals surface area contributed by atoms with Crippen molar-refractivity contribution in [2.75, 3.05) is 13.1 Å². The van der Waals surface area contributed by atoms with Crippen LogP contribution in [0.1, 0.15) is 25.7 Å². The van der Waals surface area contributed by atoms with Gasteiger partial charge in [-0.2, -0.15) is 0 Å². The van der Waals surface area contributed by atoms with Gasteiger partial charge < -0.3 is 20.4 Å². The van der Waals surface area contributed by atoms with Gasteiger partial charge in [0.15, 0.2) is 0 Å². The number of amides is 1. The summed E-state index contributed by atoms with van der Waals surface area (Å²) in [5, 5.41) is 21.7. The molecule has 0 bridgehead atoms. The molecule has 6 nitrogen and oxygen atoms in total. The first-order valence-electron chi connectivity index (χ1n) is 6.01. The highest BCUT2D eigenvalue weighted by Crippen LogP contribution is 2.20. The van der Waals surface area contributed by atoms with E-state index in [9.17, 15) is 14.7 Å². The van der Waals surface area contributed by atoms with Gasteiger partial charge in [0.1, 0.15) is 6.04 Å². The number of carboxylic acid groups (broad SMARTS) is 1. The zero-order valence-electron chi connectivity index (χ0n) is 9.63. The molecular weight excluding hydrogens is 224 g/mol. The Labute approximate surface area is 99.6 Å². The number of likely N-dealkylation sites (tertiary alicyclic amines) is 1. The van der Waals surface area contributed by atoms with E-state index in [-0.39, 0.29) is 24.9 Å². The number of aliphatic hydroxyl groups is 1. The smallest absolute Gasteiger partial charge is 0.326 e. The van der Waals surface area contributed by atoms with Crippen molar-refractivity contribution >= 4 is 11.9 Å². The molecule has 3 N–H and O–H groups in total. The minimum Gasteiger partial charge on any atom is -0.480 e. The Hall–Kier alpha value is -1.14. The number of nitrogens with one attached hydrogen (secondary N) is 1. The second-order valence-electron chi connectivity index (χ2n) is 4.79. The maximum absolute atomic E-state index is 12.0. The fourth-order valence-corrected chi connectivity index (χ4v) is 2.58. The summed E-state index contributed by atoms with van der Waals surface area (Å²) in [6.45, 7) is 1.06. The van der Waals surface area contributed by atoms with Gasteiger partial charge in [0.25, 0.3) is 0 Å². The van der Waals surface area contributed by atoms with Gasteiger partial charge in [-0.1, -0.05) is 0 Å². The molecule has 3 atom stereocenters. The SMILES string of the molecule is O=C(O)[C@H]1C[C@@H](O)CN1C(=O)CC1CCCN1. The van der Waals surface area contributed by atoms with E-state index in [1.807, 2.05) is 0 Å². The van der Waals surface area contributed by atoms with E-state index >= 15 is 0 Å². The van der Waals surface area contributed by atoms with Crippen molar-refractivity contribution in [2.24, 2.45) is 0 Å². The van der Waals surface area contributed by atoms with Crippen LogP contribution in [0, 0.1) is 0 Å². The molecule has 2 saturated heterocycles. The largest absolute Gasteiger partial charge is 0.480 e. The first-order chi connectivity index (χ1) is 8.08. The van der Waals surface area contributed by atoms with E-state index in [0.717, 1.165) is 19.4 Å². The number of hydrogen-bond donors (Lipinski definition) is 3. The van der Waals surface area contributed by atoms with Gasteiger partial charge >= 0.3 is 5.97 Å². The molecule has 0 saturated carbocycles. The Bertz CT molecular complexity index is 315. The van der Waals surface area contributed by atoms with Crippen LogP contribution in [0.2, 0.25) is 0 Å². The van der Waals surface area contributed by atoms with Gasteiger partial charge in [-0.15, -0.1) is 0 Å². The maximum Gasteiger partial charge on any atom is 0.326 e. The van der Waals surface area contributed by atoms with Crippen molar-refractivity contribution in [3.63, 3.8) is 0 Å². The van der Waals surface area contributed by atoms with Crippen LogP contribution in [0.3, 0.4) is 0 Å². The predicted molar refractivity (Wildman–Crippen MR) is 59.4 cm³/mol.